The smallest absolute Gasteiger partial charge is 0.147 e. The Bertz CT molecular complexity index is 1090. The quantitative estimate of drug-likeness (QED) is 0.624. The fourth-order valence-electron chi connectivity index (χ4n) is 4.60. The van der Waals surface area contributed by atoms with Gasteiger partial charge in [-0.1, -0.05) is 13.3 Å². The van der Waals surface area contributed by atoms with E-state index in [-0.39, 0.29) is 5.60 Å². The number of nitrogens with zero attached hydrogens (tertiary/aromatic N) is 4. The molecule has 5 heterocycles. The molecule has 1 fully saturated rings. The van der Waals surface area contributed by atoms with Crippen LogP contribution in [0.1, 0.15) is 44.0 Å². The van der Waals surface area contributed by atoms with Gasteiger partial charge in [-0.2, -0.15) is 0 Å². The first-order valence-electron chi connectivity index (χ1n) is 11.3. The minimum Gasteiger partial charge on any atom is -0.379 e. The topological polar surface area (TPSA) is 72.4 Å². The summed E-state index contributed by atoms with van der Waals surface area (Å²) in [5.41, 5.74) is 4.67. The van der Waals surface area contributed by atoms with Gasteiger partial charge in [-0.25, -0.2) is 15.0 Å². The molecule has 0 unspecified atom stereocenters. The maximum Gasteiger partial charge on any atom is 0.147 e. The highest BCUT2D eigenvalue weighted by Crippen LogP contribution is 2.42. The highest BCUT2D eigenvalue weighted by atomic mass is 32.1. The Hall–Kier alpha value is -1.87. The first-order valence-corrected chi connectivity index (χ1v) is 12.1. The predicted octanol–water partition coefficient (Wildman–Crippen LogP) is 3.79. The van der Waals surface area contributed by atoms with Crippen molar-refractivity contribution in [2.45, 2.75) is 52.2 Å². The van der Waals surface area contributed by atoms with E-state index in [0.717, 1.165) is 79.5 Å². The molecule has 2 aliphatic rings. The summed E-state index contributed by atoms with van der Waals surface area (Å²) in [5.74, 6) is 0.915. The first-order chi connectivity index (χ1) is 15.1. The number of hydrogen-bond donors (Lipinski definition) is 1. The third kappa shape index (κ3) is 4.14. The van der Waals surface area contributed by atoms with Crippen LogP contribution in [0.2, 0.25) is 0 Å². The van der Waals surface area contributed by atoms with E-state index in [1.165, 1.54) is 22.2 Å². The third-order valence-electron chi connectivity index (χ3n) is 6.22. The van der Waals surface area contributed by atoms with Crippen molar-refractivity contribution in [3.8, 4) is 0 Å². The summed E-state index contributed by atoms with van der Waals surface area (Å²) >= 11 is 1.71. The van der Waals surface area contributed by atoms with Gasteiger partial charge in [-0.15, -0.1) is 11.3 Å². The molecule has 0 atom stereocenters. The summed E-state index contributed by atoms with van der Waals surface area (Å²) in [6, 6.07) is 0. The summed E-state index contributed by atoms with van der Waals surface area (Å²) in [7, 11) is 0. The highest BCUT2D eigenvalue weighted by Gasteiger charge is 2.31. The van der Waals surface area contributed by atoms with Gasteiger partial charge in [-0.3, -0.25) is 4.90 Å². The van der Waals surface area contributed by atoms with Gasteiger partial charge in [0.2, 0.25) is 0 Å². The van der Waals surface area contributed by atoms with Crippen molar-refractivity contribution in [2.75, 3.05) is 44.7 Å². The Morgan fingerprint density at radius 2 is 2.03 bits per heavy atom. The van der Waals surface area contributed by atoms with E-state index in [1.807, 2.05) is 0 Å². The monoisotopic (exact) mass is 441 g/mol. The molecule has 1 N–H and O–H groups in total. The molecular weight excluding hydrogens is 410 g/mol. The SMILES string of the molecule is CCCc1nc2sc3c(NCCN4CCOCC4)ncnc3c2c2c1COC(C)(C)C2. The number of fused-ring (bicyclic) bond motifs is 5. The summed E-state index contributed by atoms with van der Waals surface area (Å²) in [4.78, 5) is 17.9. The van der Waals surface area contributed by atoms with Crippen LogP contribution in [0.25, 0.3) is 20.4 Å². The number of pyridine rings is 1. The van der Waals surface area contributed by atoms with Gasteiger partial charge in [0.05, 0.1) is 35.6 Å². The zero-order valence-electron chi connectivity index (χ0n) is 18.7. The second kappa shape index (κ2) is 8.58. The standard InChI is InChI=1S/C23H31N5O2S/c1-4-5-17-16-13-30-23(2,3)12-15(16)18-19-20(31-22(18)27-17)21(26-14-25-19)24-6-7-28-8-10-29-11-9-28/h14H,4-13H2,1-3H3,(H,24,25,26). The van der Waals surface area contributed by atoms with Crippen LogP contribution in [0.15, 0.2) is 6.33 Å². The average Bonchev–Trinajstić information content (AvgIpc) is 3.13. The molecule has 0 amide bonds. The maximum absolute atomic E-state index is 6.16. The van der Waals surface area contributed by atoms with Crippen LogP contribution in [-0.4, -0.2) is 64.8 Å². The van der Waals surface area contributed by atoms with Crippen molar-refractivity contribution in [2.24, 2.45) is 0 Å². The Morgan fingerprint density at radius 3 is 2.84 bits per heavy atom. The molecule has 5 rings (SSSR count). The number of aromatic nitrogens is 3. The van der Waals surface area contributed by atoms with Crippen LogP contribution in [0, 0.1) is 0 Å². The normalized spacial score (nSPS) is 19.1. The lowest BCUT2D eigenvalue weighted by Gasteiger charge is -2.33. The van der Waals surface area contributed by atoms with Crippen LogP contribution in [-0.2, 0) is 28.9 Å². The molecule has 1 saturated heterocycles. The number of aryl methyl sites for hydroxylation is 1. The molecule has 31 heavy (non-hydrogen) atoms. The van der Waals surface area contributed by atoms with Crippen molar-refractivity contribution >= 4 is 37.6 Å². The molecule has 7 nitrogen and oxygen atoms in total. The maximum atomic E-state index is 6.16. The number of nitrogens with one attached hydrogen (secondary N) is 1. The van der Waals surface area contributed by atoms with Crippen LogP contribution in [0.4, 0.5) is 5.82 Å². The van der Waals surface area contributed by atoms with Gasteiger partial charge in [0.25, 0.3) is 0 Å². The molecule has 2 aliphatic heterocycles. The number of morpholine rings is 1. The second-order valence-electron chi connectivity index (χ2n) is 9.05. The van der Waals surface area contributed by atoms with E-state index in [0.29, 0.717) is 6.61 Å². The molecule has 8 heteroatoms. The van der Waals surface area contributed by atoms with Crippen molar-refractivity contribution in [1.29, 1.82) is 0 Å². The van der Waals surface area contributed by atoms with Crippen LogP contribution in [0.5, 0.6) is 0 Å². The predicted molar refractivity (Wildman–Crippen MR) is 125 cm³/mol. The first kappa shape index (κ1) is 21.0. The Labute approximate surface area is 187 Å². The van der Waals surface area contributed by atoms with Crippen molar-refractivity contribution in [3.05, 3.63) is 23.1 Å². The molecule has 0 saturated carbocycles. The van der Waals surface area contributed by atoms with Gasteiger partial charge in [0, 0.05) is 49.2 Å². The molecule has 166 valence electrons. The molecule has 3 aromatic rings. The van der Waals surface area contributed by atoms with E-state index in [1.54, 1.807) is 17.7 Å². The lowest BCUT2D eigenvalue weighted by Crippen LogP contribution is -2.39. The van der Waals surface area contributed by atoms with E-state index in [2.05, 4.69) is 36.0 Å². The van der Waals surface area contributed by atoms with Gasteiger partial charge in [0.15, 0.2) is 0 Å². The van der Waals surface area contributed by atoms with Gasteiger partial charge in [0.1, 0.15) is 17.0 Å². The Morgan fingerprint density at radius 1 is 1.19 bits per heavy atom. The largest absolute Gasteiger partial charge is 0.379 e. The second-order valence-corrected chi connectivity index (χ2v) is 10.1. The third-order valence-corrected chi connectivity index (χ3v) is 7.30. The zero-order valence-corrected chi connectivity index (χ0v) is 19.5. The minimum atomic E-state index is -0.175. The Balaban J connectivity index is 1.52. The summed E-state index contributed by atoms with van der Waals surface area (Å²) in [6.45, 7) is 12.7. The van der Waals surface area contributed by atoms with E-state index >= 15 is 0 Å². The zero-order chi connectivity index (χ0) is 21.4. The molecule has 0 spiro atoms. The van der Waals surface area contributed by atoms with Crippen molar-refractivity contribution < 1.29 is 9.47 Å². The average molecular weight is 442 g/mol. The summed E-state index contributed by atoms with van der Waals surface area (Å²) < 4.78 is 12.7. The molecule has 0 aliphatic carbocycles. The summed E-state index contributed by atoms with van der Waals surface area (Å²) in [5, 5.41) is 4.76. The number of thiophene rings is 1. The number of ether oxygens (including phenoxy) is 2. The lowest BCUT2D eigenvalue weighted by molar-refractivity contribution is -0.0401. The molecule has 0 aromatic carbocycles. The van der Waals surface area contributed by atoms with Gasteiger partial charge >= 0.3 is 0 Å². The lowest BCUT2D eigenvalue weighted by atomic mass is 9.88. The molecule has 3 aromatic heterocycles. The number of anilines is 1. The van der Waals surface area contributed by atoms with Crippen molar-refractivity contribution in [3.63, 3.8) is 0 Å². The van der Waals surface area contributed by atoms with E-state index < -0.39 is 0 Å². The number of hydrogen-bond acceptors (Lipinski definition) is 8. The van der Waals surface area contributed by atoms with Crippen LogP contribution < -0.4 is 5.32 Å². The van der Waals surface area contributed by atoms with Crippen LogP contribution in [0.3, 0.4) is 0 Å². The Kier molecular flexibility index (Phi) is 5.81. The van der Waals surface area contributed by atoms with E-state index in [9.17, 15) is 0 Å². The van der Waals surface area contributed by atoms with Crippen molar-refractivity contribution in [1.82, 2.24) is 19.9 Å². The summed E-state index contributed by atoms with van der Waals surface area (Å²) in [6.07, 6.45) is 4.62. The molecular formula is C23H31N5O2S. The molecule has 0 bridgehead atoms. The number of rotatable bonds is 6. The van der Waals surface area contributed by atoms with Crippen LogP contribution >= 0.6 is 11.3 Å². The van der Waals surface area contributed by atoms with E-state index in [4.69, 9.17) is 19.4 Å². The fourth-order valence-corrected chi connectivity index (χ4v) is 5.74. The molecule has 0 radical (unpaired) electrons. The fraction of sp³-hybridized carbons (Fsp3) is 0.609. The highest BCUT2D eigenvalue weighted by molar-refractivity contribution is 7.26. The van der Waals surface area contributed by atoms with Gasteiger partial charge in [-0.05, 0) is 25.8 Å². The minimum absolute atomic E-state index is 0.175. The van der Waals surface area contributed by atoms with Gasteiger partial charge < -0.3 is 14.8 Å².